The van der Waals surface area contributed by atoms with Gasteiger partial charge in [-0.25, -0.2) is 15.0 Å². The molecule has 5 aromatic rings. The van der Waals surface area contributed by atoms with E-state index in [1.54, 1.807) is 17.7 Å². The SMILES string of the molecule is COc1cccc(CNC(=O)c2cnc3cc(-c4ncnc5[nH]ccc45)ccn23)c1. The predicted octanol–water partition coefficient (Wildman–Crippen LogP) is 3.21. The first-order valence-electron chi connectivity index (χ1n) is 9.39. The summed E-state index contributed by atoms with van der Waals surface area (Å²) in [5.41, 5.74) is 4.59. The van der Waals surface area contributed by atoms with Crippen molar-refractivity contribution in [2.45, 2.75) is 6.54 Å². The molecule has 0 saturated heterocycles. The van der Waals surface area contributed by atoms with E-state index in [0.29, 0.717) is 17.9 Å². The van der Waals surface area contributed by atoms with E-state index >= 15 is 0 Å². The van der Waals surface area contributed by atoms with Crippen molar-refractivity contribution >= 4 is 22.6 Å². The Morgan fingerprint density at radius 3 is 3.00 bits per heavy atom. The van der Waals surface area contributed by atoms with Crippen molar-refractivity contribution in [2.24, 2.45) is 0 Å². The van der Waals surface area contributed by atoms with Crippen molar-refractivity contribution in [3.8, 4) is 17.0 Å². The Kier molecular flexibility index (Phi) is 4.36. The second-order valence-corrected chi connectivity index (χ2v) is 6.78. The smallest absolute Gasteiger partial charge is 0.270 e. The van der Waals surface area contributed by atoms with Gasteiger partial charge in [-0.1, -0.05) is 12.1 Å². The number of rotatable bonds is 5. The lowest BCUT2D eigenvalue weighted by Gasteiger charge is -2.07. The highest BCUT2D eigenvalue weighted by molar-refractivity contribution is 5.94. The van der Waals surface area contributed by atoms with E-state index in [4.69, 9.17) is 4.74 Å². The van der Waals surface area contributed by atoms with Crippen LogP contribution in [0.1, 0.15) is 16.1 Å². The van der Waals surface area contributed by atoms with Gasteiger partial charge in [0.05, 0.1) is 19.0 Å². The van der Waals surface area contributed by atoms with Gasteiger partial charge in [-0.3, -0.25) is 9.20 Å². The van der Waals surface area contributed by atoms with Gasteiger partial charge in [0.2, 0.25) is 0 Å². The highest BCUT2D eigenvalue weighted by Crippen LogP contribution is 2.25. The van der Waals surface area contributed by atoms with Gasteiger partial charge in [-0.05, 0) is 35.9 Å². The minimum Gasteiger partial charge on any atom is -0.497 e. The van der Waals surface area contributed by atoms with Crippen LogP contribution in [-0.4, -0.2) is 37.4 Å². The maximum Gasteiger partial charge on any atom is 0.270 e. The topological polar surface area (TPSA) is 97.2 Å². The number of hydrogen-bond acceptors (Lipinski definition) is 5. The van der Waals surface area contributed by atoms with Crippen molar-refractivity contribution in [1.29, 1.82) is 0 Å². The normalized spacial score (nSPS) is 11.1. The molecular formula is C22H18N6O2. The van der Waals surface area contributed by atoms with Gasteiger partial charge in [0.1, 0.15) is 29.1 Å². The molecule has 0 saturated carbocycles. The molecule has 0 aliphatic heterocycles. The maximum atomic E-state index is 12.7. The van der Waals surface area contributed by atoms with E-state index in [1.807, 2.05) is 54.9 Å². The second-order valence-electron chi connectivity index (χ2n) is 6.78. The Morgan fingerprint density at radius 1 is 1.17 bits per heavy atom. The number of nitrogens with one attached hydrogen (secondary N) is 2. The fourth-order valence-electron chi connectivity index (χ4n) is 3.45. The number of carbonyl (C=O) groups is 1. The minimum absolute atomic E-state index is 0.201. The van der Waals surface area contributed by atoms with Crippen LogP contribution in [0.5, 0.6) is 5.75 Å². The fourth-order valence-corrected chi connectivity index (χ4v) is 3.45. The van der Waals surface area contributed by atoms with E-state index in [1.165, 1.54) is 6.33 Å². The lowest BCUT2D eigenvalue weighted by molar-refractivity contribution is 0.0945. The van der Waals surface area contributed by atoms with Crippen LogP contribution in [-0.2, 0) is 6.54 Å². The van der Waals surface area contributed by atoms with Crippen molar-refractivity contribution in [2.75, 3.05) is 7.11 Å². The number of amides is 1. The number of aromatic amines is 1. The molecule has 0 spiro atoms. The fraction of sp³-hybridized carbons (Fsp3) is 0.0909. The second kappa shape index (κ2) is 7.32. The van der Waals surface area contributed by atoms with Crippen LogP contribution >= 0.6 is 0 Å². The molecule has 4 aromatic heterocycles. The number of H-pyrrole nitrogens is 1. The summed E-state index contributed by atoms with van der Waals surface area (Å²) in [6.45, 7) is 0.397. The van der Waals surface area contributed by atoms with E-state index < -0.39 is 0 Å². The van der Waals surface area contributed by atoms with Crippen molar-refractivity contribution in [3.05, 3.63) is 78.6 Å². The molecule has 2 N–H and O–H groups in total. The quantitative estimate of drug-likeness (QED) is 0.474. The molecule has 8 heteroatoms. The Hall–Kier alpha value is -4.20. The van der Waals surface area contributed by atoms with E-state index in [-0.39, 0.29) is 5.91 Å². The number of pyridine rings is 1. The molecule has 8 nitrogen and oxygen atoms in total. The lowest BCUT2D eigenvalue weighted by Crippen LogP contribution is -2.24. The Bertz CT molecular complexity index is 1370. The van der Waals surface area contributed by atoms with Gasteiger partial charge in [0, 0.05) is 29.9 Å². The lowest BCUT2D eigenvalue weighted by atomic mass is 10.1. The number of aromatic nitrogens is 5. The zero-order valence-electron chi connectivity index (χ0n) is 16.2. The number of carbonyl (C=O) groups excluding carboxylic acids is 1. The molecule has 1 aromatic carbocycles. The van der Waals surface area contributed by atoms with Crippen LogP contribution in [0.25, 0.3) is 27.9 Å². The van der Waals surface area contributed by atoms with Gasteiger partial charge >= 0.3 is 0 Å². The average molecular weight is 398 g/mol. The Balaban J connectivity index is 1.41. The van der Waals surface area contributed by atoms with E-state index in [9.17, 15) is 4.79 Å². The summed E-state index contributed by atoms with van der Waals surface area (Å²) in [5, 5.41) is 3.87. The van der Waals surface area contributed by atoms with Crippen LogP contribution < -0.4 is 10.1 Å². The van der Waals surface area contributed by atoms with E-state index in [0.717, 1.165) is 33.6 Å². The molecule has 0 radical (unpaired) electrons. The number of ether oxygens (including phenoxy) is 1. The summed E-state index contributed by atoms with van der Waals surface area (Å²) >= 11 is 0. The number of hydrogen-bond donors (Lipinski definition) is 2. The zero-order valence-corrected chi connectivity index (χ0v) is 16.2. The van der Waals surface area contributed by atoms with Crippen LogP contribution in [0.4, 0.5) is 0 Å². The molecule has 0 fully saturated rings. The third-order valence-corrected chi connectivity index (χ3v) is 4.96. The summed E-state index contributed by atoms with van der Waals surface area (Å²) in [6.07, 6.45) is 6.77. The third kappa shape index (κ3) is 3.14. The Morgan fingerprint density at radius 2 is 2.10 bits per heavy atom. The van der Waals surface area contributed by atoms with Crippen molar-refractivity contribution in [1.82, 2.24) is 29.7 Å². The summed E-state index contributed by atoms with van der Waals surface area (Å²) in [5.74, 6) is 0.554. The van der Waals surface area contributed by atoms with Crippen molar-refractivity contribution < 1.29 is 9.53 Å². The highest BCUT2D eigenvalue weighted by Gasteiger charge is 2.14. The molecule has 4 heterocycles. The first-order chi connectivity index (χ1) is 14.7. The summed E-state index contributed by atoms with van der Waals surface area (Å²) in [4.78, 5) is 28.9. The molecule has 0 atom stereocenters. The number of fused-ring (bicyclic) bond motifs is 2. The van der Waals surface area contributed by atoms with Crippen molar-refractivity contribution in [3.63, 3.8) is 0 Å². The first kappa shape index (κ1) is 17.9. The monoisotopic (exact) mass is 398 g/mol. The Labute approximate surface area is 171 Å². The van der Waals surface area contributed by atoms with Gasteiger partial charge in [-0.15, -0.1) is 0 Å². The van der Waals surface area contributed by atoms with Crippen LogP contribution in [0, 0.1) is 0 Å². The third-order valence-electron chi connectivity index (χ3n) is 4.96. The van der Waals surface area contributed by atoms with Gasteiger partial charge in [-0.2, -0.15) is 0 Å². The van der Waals surface area contributed by atoms with Crippen LogP contribution in [0.15, 0.2) is 67.4 Å². The molecule has 1 amide bonds. The van der Waals surface area contributed by atoms with Crippen LogP contribution in [0.2, 0.25) is 0 Å². The first-order valence-corrected chi connectivity index (χ1v) is 9.39. The minimum atomic E-state index is -0.201. The molecule has 30 heavy (non-hydrogen) atoms. The zero-order chi connectivity index (χ0) is 20.5. The summed E-state index contributed by atoms with van der Waals surface area (Å²) in [6, 6.07) is 13.4. The number of benzene rings is 1. The molecule has 0 aliphatic rings. The standard InChI is InChI=1S/C22H18N6O2/c1-30-16-4-2-3-14(9-16)11-25-22(29)18-12-24-19-10-15(6-8-28(18)19)20-17-5-7-23-21(17)27-13-26-20/h2-10,12-13H,11H2,1H3,(H,25,29)(H,23,26,27). The summed E-state index contributed by atoms with van der Waals surface area (Å²) < 4.78 is 6.99. The van der Waals surface area contributed by atoms with Gasteiger partial charge in [0.25, 0.3) is 5.91 Å². The number of methoxy groups -OCH3 is 1. The average Bonchev–Trinajstić information content (AvgIpc) is 3.44. The number of nitrogens with zero attached hydrogens (tertiary/aromatic N) is 4. The van der Waals surface area contributed by atoms with E-state index in [2.05, 4.69) is 25.3 Å². The molecule has 5 rings (SSSR count). The maximum absolute atomic E-state index is 12.7. The van der Waals surface area contributed by atoms with Gasteiger partial charge < -0.3 is 15.0 Å². The largest absolute Gasteiger partial charge is 0.497 e. The highest BCUT2D eigenvalue weighted by atomic mass is 16.5. The number of imidazole rings is 1. The summed E-state index contributed by atoms with van der Waals surface area (Å²) in [7, 11) is 1.62. The van der Waals surface area contributed by atoms with Gasteiger partial charge in [0.15, 0.2) is 0 Å². The molecule has 0 unspecified atom stereocenters. The predicted molar refractivity (Wildman–Crippen MR) is 112 cm³/mol. The van der Waals surface area contributed by atoms with Crippen LogP contribution in [0.3, 0.4) is 0 Å². The molecule has 148 valence electrons. The molecule has 0 aliphatic carbocycles. The molecule has 0 bridgehead atoms. The molecular weight excluding hydrogens is 380 g/mol.